The van der Waals surface area contributed by atoms with Crippen molar-refractivity contribution in [3.8, 4) is 5.75 Å². The van der Waals surface area contributed by atoms with E-state index in [2.05, 4.69) is 17.3 Å². The second-order valence-corrected chi connectivity index (χ2v) is 7.33. The minimum Gasteiger partial charge on any atom is -0.496 e. The first-order valence-corrected chi connectivity index (χ1v) is 10.0. The van der Waals surface area contributed by atoms with Gasteiger partial charge in [-0.25, -0.2) is 4.98 Å². The van der Waals surface area contributed by atoms with E-state index in [0.29, 0.717) is 0 Å². The molecule has 0 saturated carbocycles. The number of ether oxygens (including phenoxy) is 1. The maximum atomic E-state index is 13.0. The summed E-state index contributed by atoms with van der Waals surface area (Å²) >= 11 is 1.61. The molecule has 1 unspecified atom stereocenters. The highest BCUT2D eigenvalue weighted by molar-refractivity contribution is 7.07. The third kappa shape index (κ3) is 4.21. The molecule has 134 valence electrons. The second-order valence-electron chi connectivity index (χ2n) is 6.61. The fourth-order valence-corrected chi connectivity index (χ4v) is 4.08. The first-order valence-electron chi connectivity index (χ1n) is 9.08. The van der Waals surface area contributed by atoms with E-state index in [-0.39, 0.29) is 11.9 Å². The highest BCUT2D eigenvalue weighted by Gasteiger charge is 2.30. The zero-order chi connectivity index (χ0) is 17.6. The first-order chi connectivity index (χ1) is 12.2. The van der Waals surface area contributed by atoms with Crippen LogP contribution in [0.25, 0.3) is 0 Å². The molecule has 3 rings (SSSR count). The summed E-state index contributed by atoms with van der Waals surface area (Å²) < 4.78 is 5.53. The number of aryl methyl sites for hydroxylation is 1. The van der Waals surface area contributed by atoms with Gasteiger partial charge in [-0.05, 0) is 43.4 Å². The van der Waals surface area contributed by atoms with Crippen molar-refractivity contribution in [2.45, 2.75) is 51.5 Å². The molecule has 1 aliphatic heterocycles. The van der Waals surface area contributed by atoms with Crippen LogP contribution in [0.1, 0.15) is 54.2 Å². The van der Waals surface area contributed by atoms with Crippen molar-refractivity contribution in [2.75, 3.05) is 13.7 Å². The highest BCUT2D eigenvalue weighted by Crippen LogP contribution is 2.27. The molecule has 0 N–H and O–H groups in total. The molecular weight excluding hydrogens is 332 g/mol. The summed E-state index contributed by atoms with van der Waals surface area (Å²) in [5.41, 5.74) is 4.85. The van der Waals surface area contributed by atoms with Crippen molar-refractivity contribution in [3.63, 3.8) is 0 Å². The molecule has 2 aromatic rings. The molecule has 2 heterocycles. The van der Waals surface area contributed by atoms with Gasteiger partial charge in [-0.1, -0.05) is 19.4 Å². The van der Waals surface area contributed by atoms with Crippen LogP contribution < -0.4 is 4.74 Å². The van der Waals surface area contributed by atoms with Gasteiger partial charge in [0.05, 0.1) is 18.3 Å². The molecule has 25 heavy (non-hydrogen) atoms. The average molecular weight is 359 g/mol. The fraction of sp³-hybridized carbons (Fsp3) is 0.500. The van der Waals surface area contributed by atoms with Gasteiger partial charge < -0.3 is 9.64 Å². The highest BCUT2D eigenvalue weighted by atomic mass is 32.1. The zero-order valence-electron chi connectivity index (χ0n) is 15.0. The van der Waals surface area contributed by atoms with Crippen LogP contribution in [0.3, 0.4) is 0 Å². The summed E-state index contributed by atoms with van der Waals surface area (Å²) in [4.78, 5) is 19.4. The minimum absolute atomic E-state index is 0.109. The first kappa shape index (κ1) is 17.9. The molecule has 4 nitrogen and oxygen atoms in total. The number of rotatable bonds is 7. The lowest BCUT2D eigenvalue weighted by Crippen LogP contribution is -2.36. The van der Waals surface area contributed by atoms with E-state index in [1.165, 1.54) is 5.56 Å². The predicted molar refractivity (Wildman–Crippen MR) is 101 cm³/mol. The summed E-state index contributed by atoms with van der Waals surface area (Å²) in [7, 11) is 1.68. The van der Waals surface area contributed by atoms with Crippen molar-refractivity contribution < 1.29 is 9.53 Å². The third-order valence-electron chi connectivity index (χ3n) is 4.90. The summed E-state index contributed by atoms with van der Waals surface area (Å²) in [6.45, 7) is 3.01. The number of hydrogen-bond donors (Lipinski definition) is 0. The van der Waals surface area contributed by atoms with Crippen LogP contribution in [-0.2, 0) is 12.8 Å². The van der Waals surface area contributed by atoms with Gasteiger partial charge in [-0.3, -0.25) is 4.79 Å². The van der Waals surface area contributed by atoms with Gasteiger partial charge in [0.1, 0.15) is 5.75 Å². The molecule has 1 atom stereocenters. The Morgan fingerprint density at radius 1 is 1.44 bits per heavy atom. The summed E-state index contributed by atoms with van der Waals surface area (Å²) in [5.74, 6) is 0.938. The molecule has 1 aliphatic rings. The molecule has 1 aromatic heterocycles. The van der Waals surface area contributed by atoms with Gasteiger partial charge >= 0.3 is 0 Å². The summed E-state index contributed by atoms with van der Waals surface area (Å²) in [6.07, 6.45) is 6.23. The minimum atomic E-state index is 0.109. The zero-order valence-corrected chi connectivity index (χ0v) is 15.8. The molecular formula is C20H26N2O2S. The van der Waals surface area contributed by atoms with E-state index in [0.717, 1.165) is 62.1 Å². The molecule has 1 aromatic carbocycles. The standard InChI is InChI=1S/C20H26N2O2S/c1-3-4-6-15-8-9-16(11-19(15)24-2)20(23)22-10-5-7-18(22)12-17-13-25-14-21-17/h8-9,11,13-14,18H,3-7,10,12H2,1-2H3. The Hall–Kier alpha value is -1.88. The van der Waals surface area contributed by atoms with E-state index in [1.807, 2.05) is 28.6 Å². The maximum Gasteiger partial charge on any atom is 0.254 e. The molecule has 1 fully saturated rings. The van der Waals surface area contributed by atoms with E-state index < -0.39 is 0 Å². The van der Waals surface area contributed by atoms with Crippen LogP contribution in [0.5, 0.6) is 5.75 Å². The summed E-state index contributed by atoms with van der Waals surface area (Å²) in [6, 6.07) is 6.16. The Labute approximate surface area is 153 Å². The van der Waals surface area contributed by atoms with Crippen LogP contribution in [-0.4, -0.2) is 35.5 Å². The van der Waals surface area contributed by atoms with Crippen molar-refractivity contribution in [2.24, 2.45) is 0 Å². The SMILES string of the molecule is CCCCc1ccc(C(=O)N2CCCC2Cc2cscn2)cc1OC. The Morgan fingerprint density at radius 2 is 2.32 bits per heavy atom. The Bertz CT molecular complexity index is 700. The van der Waals surface area contributed by atoms with Gasteiger partial charge in [0.15, 0.2) is 0 Å². The number of aromatic nitrogens is 1. The number of methoxy groups -OCH3 is 1. The number of unbranched alkanes of at least 4 members (excludes halogenated alkanes) is 1. The largest absolute Gasteiger partial charge is 0.496 e. The van der Waals surface area contributed by atoms with E-state index >= 15 is 0 Å². The third-order valence-corrected chi connectivity index (χ3v) is 5.54. The average Bonchev–Trinajstić information content (AvgIpc) is 3.31. The Kier molecular flexibility index (Phi) is 6.08. The lowest BCUT2D eigenvalue weighted by Gasteiger charge is -2.24. The number of nitrogens with zero attached hydrogens (tertiary/aromatic N) is 2. The lowest BCUT2D eigenvalue weighted by molar-refractivity contribution is 0.0735. The van der Waals surface area contributed by atoms with Gasteiger partial charge in [0, 0.05) is 30.0 Å². The molecule has 0 bridgehead atoms. The molecule has 1 amide bonds. The topological polar surface area (TPSA) is 42.4 Å². The van der Waals surface area contributed by atoms with E-state index in [9.17, 15) is 4.79 Å². The number of hydrogen-bond acceptors (Lipinski definition) is 4. The van der Waals surface area contributed by atoms with Crippen molar-refractivity contribution in [1.82, 2.24) is 9.88 Å². The molecule has 1 saturated heterocycles. The fourth-order valence-electron chi connectivity index (χ4n) is 3.51. The normalized spacial score (nSPS) is 17.0. The molecule has 0 aliphatic carbocycles. The van der Waals surface area contributed by atoms with Crippen LogP contribution in [0.15, 0.2) is 29.1 Å². The Balaban J connectivity index is 1.75. The van der Waals surface area contributed by atoms with Gasteiger partial charge in [-0.15, -0.1) is 11.3 Å². The molecule has 0 spiro atoms. The number of thiazole rings is 1. The lowest BCUT2D eigenvalue weighted by atomic mass is 10.0. The number of benzene rings is 1. The monoisotopic (exact) mass is 358 g/mol. The van der Waals surface area contributed by atoms with Crippen LogP contribution in [0.4, 0.5) is 0 Å². The number of carbonyl (C=O) groups is 1. The number of carbonyl (C=O) groups excluding carboxylic acids is 1. The van der Waals surface area contributed by atoms with Gasteiger partial charge in [0.2, 0.25) is 0 Å². The smallest absolute Gasteiger partial charge is 0.254 e. The van der Waals surface area contributed by atoms with Crippen molar-refractivity contribution >= 4 is 17.2 Å². The number of amides is 1. The van der Waals surface area contributed by atoms with Crippen LogP contribution in [0.2, 0.25) is 0 Å². The van der Waals surface area contributed by atoms with Crippen LogP contribution in [0, 0.1) is 0 Å². The van der Waals surface area contributed by atoms with Crippen LogP contribution >= 0.6 is 11.3 Å². The maximum absolute atomic E-state index is 13.0. The second kappa shape index (κ2) is 8.48. The van der Waals surface area contributed by atoms with E-state index in [1.54, 1.807) is 18.4 Å². The van der Waals surface area contributed by atoms with Crippen molar-refractivity contribution in [1.29, 1.82) is 0 Å². The number of likely N-dealkylation sites (tertiary alicyclic amines) is 1. The predicted octanol–water partition coefficient (Wildman–Crippen LogP) is 4.34. The van der Waals surface area contributed by atoms with Gasteiger partial charge in [-0.2, -0.15) is 0 Å². The Morgan fingerprint density at radius 3 is 3.04 bits per heavy atom. The van der Waals surface area contributed by atoms with Gasteiger partial charge in [0.25, 0.3) is 5.91 Å². The van der Waals surface area contributed by atoms with Crippen molar-refractivity contribution in [3.05, 3.63) is 45.9 Å². The van der Waals surface area contributed by atoms with E-state index in [4.69, 9.17) is 4.74 Å². The quantitative estimate of drug-likeness (QED) is 0.739. The molecule has 0 radical (unpaired) electrons. The molecule has 5 heteroatoms. The summed E-state index contributed by atoms with van der Waals surface area (Å²) in [5, 5.41) is 2.08.